The molecule has 0 bridgehead atoms. The summed E-state index contributed by atoms with van der Waals surface area (Å²) in [5, 5.41) is 2.11. The monoisotopic (exact) mass is 606 g/mol. The van der Waals surface area contributed by atoms with E-state index in [0.29, 0.717) is 17.5 Å². The average molecular weight is 607 g/mol. The molecule has 0 aliphatic carbocycles. The van der Waals surface area contributed by atoms with Crippen LogP contribution in [-0.2, 0) is 5.41 Å². The van der Waals surface area contributed by atoms with Gasteiger partial charge in [0.15, 0.2) is 17.5 Å². The maximum atomic E-state index is 6.59. The van der Waals surface area contributed by atoms with Crippen molar-refractivity contribution in [1.29, 1.82) is 0 Å². The Morgan fingerprint density at radius 2 is 0.979 bits per heavy atom. The molecule has 0 N–H and O–H groups in total. The number of aromatic nitrogens is 3. The van der Waals surface area contributed by atoms with Crippen LogP contribution in [0.25, 0.3) is 56.1 Å². The van der Waals surface area contributed by atoms with E-state index < -0.39 is 0 Å². The summed E-state index contributed by atoms with van der Waals surface area (Å²) in [4.78, 5) is 17.1. The molecule has 6 aromatic carbocycles. The Kier molecular flexibility index (Phi) is 6.09. The van der Waals surface area contributed by atoms with Gasteiger partial charge >= 0.3 is 0 Å². The third-order valence-electron chi connectivity index (χ3n) is 9.31. The van der Waals surface area contributed by atoms with E-state index in [9.17, 15) is 0 Å². The van der Waals surface area contributed by atoms with E-state index in [1.165, 1.54) is 22.5 Å². The number of nitrogens with zero attached hydrogens (tertiary/aromatic N) is 4. The van der Waals surface area contributed by atoms with E-state index in [2.05, 4.69) is 97.6 Å². The molecule has 0 fully saturated rings. The van der Waals surface area contributed by atoms with E-state index in [0.717, 1.165) is 44.3 Å². The van der Waals surface area contributed by atoms with E-state index in [1.807, 2.05) is 66.7 Å². The zero-order valence-electron chi connectivity index (χ0n) is 26.1. The number of fused-ring (bicyclic) bond motifs is 5. The first-order valence-electron chi connectivity index (χ1n) is 15.9. The third kappa shape index (κ3) is 4.35. The summed E-state index contributed by atoms with van der Waals surface area (Å²) >= 11 is 0. The van der Waals surface area contributed by atoms with Gasteiger partial charge in [0.05, 0.1) is 22.4 Å². The molecule has 9 rings (SSSR count). The van der Waals surface area contributed by atoms with Crippen LogP contribution in [-0.4, -0.2) is 15.0 Å². The van der Waals surface area contributed by atoms with Gasteiger partial charge in [0.2, 0.25) is 0 Å². The first kappa shape index (κ1) is 27.3. The summed E-state index contributed by atoms with van der Waals surface area (Å²) in [7, 11) is 0. The van der Waals surface area contributed by atoms with Crippen LogP contribution in [0.5, 0.6) is 0 Å². The van der Waals surface area contributed by atoms with Gasteiger partial charge in [-0.2, -0.15) is 0 Å². The van der Waals surface area contributed by atoms with Crippen molar-refractivity contribution >= 4 is 39.0 Å². The van der Waals surface area contributed by atoms with E-state index in [1.54, 1.807) is 0 Å². The molecule has 0 amide bonds. The molecule has 1 aliphatic rings. The molecule has 47 heavy (non-hydrogen) atoms. The molecule has 5 nitrogen and oxygen atoms in total. The highest BCUT2D eigenvalue weighted by Gasteiger charge is 2.37. The van der Waals surface area contributed by atoms with Crippen LogP contribution in [0.4, 0.5) is 17.1 Å². The van der Waals surface area contributed by atoms with Crippen molar-refractivity contribution in [2.24, 2.45) is 0 Å². The topological polar surface area (TPSA) is 55.1 Å². The molecule has 0 saturated carbocycles. The van der Waals surface area contributed by atoms with Crippen LogP contribution in [0.3, 0.4) is 0 Å². The predicted octanol–water partition coefficient (Wildman–Crippen LogP) is 10.9. The van der Waals surface area contributed by atoms with Gasteiger partial charge in [-0.25, -0.2) is 15.0 Å². The molecule has 3 heterocycles. The van der Waals surface area contributed by atoms with E-state index in [-0.39, 0.29) is 5.41 Å². The predicted molar refractivity (Wildman–Crippen MR) is 190 cm³/mol. The summed E-state index contributed by atoms with van der Waals surface area (Å²) < 4.78 is 6.59. The lowest BCUT2D eigenvalue weighted by Crippen LogP contribution is -2.30. The number of rotatable bonds is 4. The Morgan fingerprint density at radius 3 is 1.57 bits per heavy atom. The molecule has 0 radical (unpaired) electrons. The zero-order valence-corrected chi connectivity index (χ0v) is 26.1. The Hall–Kier alpha value is -6.07. The highest BCUT2D eigenvalue weighted by atomic mass is 16.3. The SMILES string of the molecule is CC1(C)c2ccccc2N(c2cccc3oc4cc(-c5nc(-c6ccccc6)nc(-c6ccccc6)n5)ccc4c23)c2ccccc21. The lowest BCUT2D eigenvalue weighted by atomic mass is 9.73. The molecular formula is C42H30N4O. The maximum absolute atomic E-state index is 6.59. The van der Waals surface area contributed by atoms with Gasteiger partial charge in [-0.3, -0.25) is 0 Å². The van der Waals surface area contributed by atoms with E-state index >= 15 is 0 Å². The van der Waals surface area contributed by atoms with Crippen LogP contribution in [0, 0.1) is 0 Å². The normalized spacial score (nSPS) is 13.4. The van der Waals surface area contributed by atoms with Crippen LogP contribution in [0.2, 0.25) is 0 Å². The van der Waals surface area contributed by atoms with Crippen LogP contribution in [0.1, 0.15) is 25.0 Å². The Balaban J connectivity index is 1.23. The maximum Gasteiger partial charge on any atom is 0.164 e. The summed E-state index contributed by atoms with van der Waals surface area (Å²) in [6, 6.07) is 50.2. The van der Waals surface area contributed by atoms with Crippen LogP contribution >= 0.6 is 0 Å². The molecule has 2 aromatic heterocycles. The average Bonchev–Trinajstić information content (AvgIpc) is 3.51. The first-order valence-corrected chi connectivity index (χ1v) is 15.9. The largest absolute Gasteiger partial charge is 0.456 e. The molecule has 8 aromatic rings. The lowest BCUT2D eigenvalue weighted by molar-refractivity contribution is 0.632. The second kappa shape index (κ2) is 10.5. The minimum Gasteiger partial charge on any atom is -0.456 e. The molecule has 0 spiro atoms. The molecular weight excluding hydrogens is 576 g/mol. The first-order chi connectivity index (χ1) is 23.1. The van der Waals surface area contributed by atoms with Crippen molar-refractivity contribution in [1.82, 2.24) is 15.0 Å². The van der Waals surface area contributed by atoms with Gasteiger partial charge < -0.3 is 9.32 Å². The van der Waals surface area contributed by atoms with Crippen molar-refractivity contribution in [3.63, 3.8) is 0 Å². The Morgan fingerprint density at radius 1 is 0.468 bits per heavy atom. The fraction of sp³-hybridized carbons (Fsp3) is 0.0714. The number of benzene rings is 6. The van der Waals surface area contributed by atoms with Gasteiger partial charge in [-0.1, -0.05) is 123 Å². The van der Waals surface area contributed by atoms with Crippen LogP contribution < -0.4 is 4.90 Å². The summed E-state index contributed by atoms with van der Waals surface area (Å²) in [6.07, 6.45) is 0. The Labute approximate surface area is 272 Å². The summed E-state index contributed by atoms with van der Waals surface area (Å²) in [5.41, 5.74) is 10.3. The van der Waals surface area contributed by atoms with Gasteiger partial charge in [0, 0.05) is 27.5 Å². The van der Waals surface area contributed by atoms with Gasteiger partial charge in [0.25, 0.3) is 0 Å². The lowest BCUT2D eigenvalue weighted by Gasteiger charge is -2.42. The van der Waals surface area contributed by atoms with Gasteiger partial charge in [-0.05, 0) is 47.5 Å². The van der Waals surface area contributed by atoms with Crippen molar-refractivity contribution in [3.05, 3.63) is 157 Å². The fourth-order valence-electron chi connectivity index (χ4n) is 7.00. The minimum atomic E-state index is -0.132. The zero-order chi connectivity index (χ0) is 31.5. The second-order valence-corrected chi connectivity index (χ2v) is 12.5. The van der Waals surface area contributed by atoms with Gasteiger partial charge in [0.1, 0.15) is 11.2 Å². The number of anilines is 3. The fourth-order valence-corrected chi connectivity index (χ4v) is 7.00. The molecule has 0 saturated heterocycles. The third-order valence-corrected chi connectivity index (χ3v) is 9.31. The highest BCUT2D eigenvalue weighted by Crippen LogP contribution is 2.53. The second-order valence-electron chi connectivity index (χ2n) is 12.5. The van der Waals surface area contributed by atoms with E-state index in [4.69, 9.17) is 19.4 Å². The molecule has 0 unspecified atom stereocenters. The molecule has 5 heteroatoms. The Bertz CT molecular complexity index is 2340. The smallest absolute Gasteiger partial charge is 0.164 e. The van der Waals surface area contributed by atoms with Crippen molar-refractivity contribution in [2.75, 3.05) is 4.90 Å². The number of hydrogen-bond donors (Lipinski definition) is 0. The summed E-state index contributed by atoms with van der Waals surface area (Å²) in [5.74, 6) is 1.86. The van der Waals surface area contributed by atoms with Crippen LogP contribution in [0.15, 0.2) is 150 Å². The number of hydrogen-bond acceptors (Lipinski definition) is 5. The van der Waals surface area contributed by atoms with Gasteiger partial charge in [-0.15, -0.1) is 0 Å². The van der Waals surface area contributed by atoms with Crippen molar-refractivity contribution < 1.29 is 4.42 Å². The quantitative estimate of drug-likeness (QED) is 0.199. The van der Waals surface area contributed by atoms with Crippen molar-refractivity contribution in [3.8, 4) is 34.2 Å². The summed E-state index contributed by atoms with van der Waals surface area (Å²) in [6.45, 7) is 4.62. The molecule has 0 atom stereocenters. The standard InChI is InChI=1S/C42H30N4O/c1-42(2)31-18-9-11-20-33(31)46(34-21-12-10-19-32(34)42)35-22-13-23-36-38(35)30-25-24-29(26-37(30)47-36)41-44-39(27-14-5-3-6-15-27)43-40(45-41)28-16-7-4-8-17-28/h3-26H,1-2H3. The molecule has 1 aliphatic heterocycles. The highest BCUT2D eigenvalue weighted by molar-refractivity contribution is 6.14. The minimum absolute atomic E-state index is 0.132. The number of para-hydroxylation sites is 2. The van der Waals surface area contributed by atoms with Crippen molar-refractivity contribution in [2.45, 2.75) is 19.3 Å². The molecule has 224 valence electrons. The number of furan rings is 1.